The molecule has 4 nitrogen and oxygen atoms in total. The smallest absolute Gasteiger partial charge is 0.313 e. The lowest BCUT2D eigenvalue weighted by molar-refractivity contribution is -0.200. The third-order valence-corrected chi connectivity index (χ3v) is 12.1. The van der Waals surface area contributed by atoms with Gasteiger partial charge < -0.3 is 10.2 Å². The molecule has 0 aromatic carbocycles. The quantitative estimate of drug-likeness (QED) is 0.491. The van der Waals surface area contributed by atoms with Crippen LogP contribution in [0, 0.1) is 50.7 Å². The van der Waals surface area contributed by atoms with Crippen LogP contribution in [0.25, 0.3) is 0 Å². The minimum absolute atomic E-state index is 0.101. The van der Waals surface area contributed by atoms with Gasteiger partial charge in [-0.2, -0.15) is 0 Å². The summed E-state index contributed by atoms with van der Waals surface area (Å²) in [5.74, 6) is -0.363. The number of fused-ring (bicyclic) bond motifs is 7. The summed E-state index contributed by atoms with van der Waals surface area (Å²) in [6.45, 7) is 13.3. The van der Waals surface area contributed by atoms with Gasteiger partial charge in [0.2, 0.25) is 0 Å². The van der Waals surface area contributed by atoms with Crippen LogP contribution in [0.1, 0.15) is 86.5 Å². The lowest BCUT2D eigenvalue weighted by atomic mass is 9.33. The van der Waals surface area contributed by atoms with Crippen LogP contribution in [0.4, 0.5) is 0 Å². The van der Waals surface area contributed by atoms with E-state index < -0.39 is 22.9 Å². The van der Waals surface area contributed by atoms with Crippen molar-refractivity contribution >= 4 is 11.8 Å². The third-order valence-electron chi connectivity index (χ3n) is 12.1. The zero-order valence-corrected chi connectivity index (χ0v) is 21.3. The Labute approximate surface area is 198 Å². The fraction of sp³-hybridized carbons (Fsp3) is 0.793. The molecule has 0 radical (unpaired) electrons. The summed E-state index contributed by atoms with van der Waals surface area (Å²) in [5.41, 5.74) is -0.613. The van der Waals surface area contributed by atoms with E-state index in [0.29, 0.717) is 11.8 Å². The van der Waals surface area contributed by atoms with Crippen LogP contribution in [0.2, 0.25) is 0 Å². The molecule has 0 heterocycles. The highest BCUT2D eigenvalue weighted by Gasteiger charge is 2.71. The summed E-state index contributed by atoms with van der Waals surface area (Å²) in [6.07, 6.45) is 12.1. The van der Waals surface area contributed by atoms with E-state index >= 15 is 0 Å². The SMILES string of the molecule is CC1CCCC2(C)CC[C@]3(C)C(=CC(=O)C4C5(C)C(O)C=C[C@](C)(C(=O)O)C5CCC43C)C12. The Hall–Kier alpha value is -1.42. The van der Waals surface area contributed by atoms with Gasteiger partial charge in [0, 0.05) is 11.3 Å². The number of aliphatic hydroxyl groups is 1. The number of aliphatic carboxylic acids is 1. The third kappa shape index (κ3) is 2.62. The number of ketones is 1. The Balaban J connectivity index is 1.68. The van der Waals surface area contributed by atoms with Gasteiger partial charge in [-0.25, -0.2) is 0 Å². The van der Waals surface area contributed by atoms with Crippen LogP contribution < -0.4 is 0 Å². The summed E-state index contributed by atoms with van der Waals surface area (Å²) < 4.78 is 0. The number of carbonyl (C=O) groups is 2. The highest BCUT2D eigenvalue weighted by Crippen LogP contribution is 2.74. The van der Waals surface area contributed by atoms with Crippen molar-refractivity contribution in [2.24, 2.45) is 50.7 Å². The lowest BCUT2D eigenvalue weighted by Gasteiger charge is -2.69. The molecule has 0 spiro atoms. The summed E-state index contributed by atoms with van der Waals surface area (Å²) in [4.78, 5) is 26.5. The Morgan fingerprint density at radius 3 is 2.39 bits per heavy atom. The average molecular weight is 455 g/mol. The highest BCUT2D eigenvalue weighted by atomic mass is 16.4. The zero-order chi connectivity index (χ0) is 24.2. The molecular weight excluding hydrogens is 412 g/mol. The van der Waals surface area contributed by atoms with Gasteiger partial charge in [-0.05, 0) is 79.1 Å². The van der Waals surface area contributed by atoms with Gasteiger partial charge in [0.25, 0.3) is 0 Å². The van der Waals surface area contributed by atoms with Crippen LogP contribution in [0.5, 0.6) is 0 Å². The van der Waals surface area contributed by atoms with Crippen molar-refractivity contribution in [1.29, 1.82) is 0 Å². The molecule has 0 aromatic heterocycles. The fourth-order valence-corrected chi connectivity index (χ4v) is 10.1. The van der Waals surface area contributed by atoms with E-state index in [1.807, 2.05) is 13.0 Å². The molecule has 8 unspecified atom stereocenters. The molecule has 2 N–H and O–H groups in total. The van der Waals surface area contributed by atoms with Crippen LogP contribution in [-0.4, -0.2) is 28.1 Å². The van der Waals surface area contributed by atoms with Crippen molar-refractivity contribution < 1.29 is 19.8 Å². The zero-order valence-electron chi connectivity index (χ0n) is 21.3. The van der Waals surface area contributed by atoms with Gasteiger partial charge >= 0.3 is 5.97 Å². The average Bonchev–Trinajstić information content (AvgIpc) is 2.72. The fourth-order valence-electron chi connectivity index (χ4n) is 10.1. The Bertz CT molecular complexity index is 965. The van der Waals surface area contributed by atoms with Gasteiger partial charge in [0.1, 0.15) is 0 Å². The number of carboxylic acids is 1. The second kappa shape index (κ2) is 6.83. The maximum Gasteiger partial charge on any atom is 0.313 e. The Kier molecular flexibility index (Phi) is 4.83. The van der Waals surface area contributed by atoms with Crippen molar-refractivity contribution in [2.45, 2.75) is 92.6 Å². The maximum atomic E-state index is 14.1. The predicted molar refractivity (Wildman–Crippen MR) is 128 cm³/mol. The second-order valence-electron chi connectivity index (χ2n) is 13.5. The number of rotatable bonds is 1. The first-order valence-corrected chi connectivity index (χ1v) is 13.1. The van der Waals surface area contributed by atoms with Crippen molar-refractivity contribution in [1.82, 2.24) is 0 Å². The number of hydrogen-bond donors (Lipinski definition) is 2. The first kappa shape index (κ1) is 23.3. The van der Waals surface area contributed by atoms with Crippen LogP contribution in [0.3, 0.4) is 0 Å². The van der Waals surface area contributed by atoms with Gasteiger partial charge in [-0.3, -0.25) is 9.59 Å². The highest BCUT2D eigenvalue weighted by molar-refractivity contribution is 5.96. The summed E-state index contributed by atoms with van der Waals surface area (Å²) >= 11 is 0. The molecule has 0 aromatic rings. The van der Waals surface area contributed by atoms with E-state index in [2.05, 4.69) is 27.7 Å². The van der Waals surface area contributed by atoms with E-state index in [0.717, 1.165) is 19.3 Å². The molecule has 3 saturated carbocycles. The van der Waals surface area contributed by atoms with Crippen molar-refractivity contribution in [3.63, 3.8) is 0 Å². The molecule has 3 fully saturated rings. The van der Waals surface area contributed by atoms with Crippen LogP contribution in [-0.2, 0) is 9.59 Å². The number of carboxylic acid groups (broad SMARTS) is 1. The molecule has 0 bridgehead atoms. The molecule has 33 heavy (non-hydrogen) atoms. The number of aliphatic hydroxyl groups excluding tert-OH is 1. The standard InChI is InChI=1S/C29H42O4/c1-17-8-7-11-25(2)14-15-27(4)18(22(17)25)16-19(30)23-28(27,5)13-9-20-26(3,24(32)33)12-10-21(31)29(20,23)6/h10,12,16-17,20-23,31H,7-9,11,13-15H2,1-6H3,(H,32,33)/t17?,20?,21?,22?,23?,25?,26-,27+,28?,29?/m0/s1. The van der Waals surface area contributed by atoms with Crippen LogP contribution in [0.15, 0.2) is 23.8 Å². The van der Waals surface area contributed by atoms with Gasteiger partial charge in [-0.15, -0.1) is 0 Å². The summed E-state index contributed by atoms with van der Waals surface area (Å²) in [6, 6.07) is 0. The Morgan fingerprint density at radius 2 is 1.73 bits per heavy atom. The van der Waals surface area contributed by atoms with Gasteiger partial charge in [-0.1, -0.05) is 65.2 Å². The van der Waals surface area contributed by atoms with E-state index in [-0.39, 0.29) is 33.9 Å². The first-order chi connectivity index (χ1) is 15.3. The largest absolute Gasteiger partial charge is 0.481 e. The van der Waals surface area contributed by atoms with E-state index in [1.54, 1.807) is 19.1 Å². The van der Waals surface area contributed by atoms with Crippen LogP contribution >= 0.6 is 0 Å². The molecule has 5 aliphatic carbocycles. The maximum absolute atomic E-state index is 14.1. The monoisotopic (exact) mass is 454 g/mol. The molecule has 5 aliphatic rings. The molecule has 182 valence electrons. The number of allylic oxidation sites excluding steroid dienone is 2. The normalized spacial score (nSPS) is 55.5. The molecular formula is C29H42O4. The molecule has 0 saturated heterocycles. The van der Waals surface area contributed by atoms with E-state index in [9.17, 15) is 19.8 Å². The van der Waals surface area contributed by atoms with Gasteiger partial charge in [0.05, 0.1) is 11.5 Å². The topological polar surface area (TPSA) is 74.6 Å². The summed E-state index contributed by atoms with van der Waals surface area (Å²) in [7, 11) is 0. The minimum atomic E-state index is -1.07. The molecule has 4 heteroatoms. The second-order valence-corrected chi connectivity index (χ2v) is 13.5. The molecule has 5 rings (SSSR count). The van der Waals surface area contributed by atoms with Crippen molar-refractivity contribution in [3.8, 4) is 0 Å². The van der Waals surface area contributed by atoms with Gasteiger partial charge in [0.15, 0.2) is 5.78 Å². The Morgan fingerprint density at radius 1 is 1.03 bits per heavy atom. The molecule has 10 atom stereocenters. The van der Waals surface area contributed by atoms with E-state index in [1.165, 1.54) is 31.3 Å². The summed E-state index contributed by atoms with van der Waals surface area (Å²) in [5, 5.41) is 21.5. The van der Waals surface area contributed by atoms with Crippen molar-refractivity contribution in [3.05, 3.63) is 23.8 Å². The van der Waals surface area contributed by atoms with Crippen molar-refractivity contribution in [2.75, 3.05) is 0 Å². The molecule has 0 aliphatic heterocycles. The predicted octanol–water partition coefficient (Wildman–Crippen LogP) is 5.80. The lowest BCUT2D eigenvalue weighted by Crippen LogP contribution is -2.68. The molecule has 0 amide bonds. The first-order valence-electron chi connectivity index (χ1n) is 13.1. The number of carbonyl (C=O) groups excluding carboxylic acids is 1. The minimum Gasteiger partial charge on any atom is -0.481 e. The van der Waals surface area contributed by atoms with E-state index in [4.69, 9.17) is 0 Å². The number of hydrogen-bond acceptors (Lipinski definition) is 3.